The molecular formula is C24H21N3OS. The maximum atomic E-state index is 12.6. The van der Waals surface area contributed by atoms with Gasteiger partial charge >= 0.3 is 0 Å². The molecule has 0 saturated carbocycles. The average Bonchev–Trinajstić information content (AvgIpc) is 3.34. The number of amides is 1. The fourth-order valence-corrected chi connectivity index (χ4v) is 6.01. The van der Waals surface area contributed by atoms with Crippen molar-refractivity contribution in [1.29, 1.82) is 0 Å². The summed E-state index contributed by atoms with van der Waals surface area (Å²) >= 11 is 1.59. The Morgan fingerprint density at radius 1 is 1.07 bits per heavy atom. The van der Waals surface area contributed by atoms with Crippen LogP contribution in [0.15, 0.2) is 66.3 Å². The third-order valence-corrected chi connectivity index (χ3v) is 7.24. The van der Waals surface area contributed by atoms with Crippen molar-refractivity contribution in [3.05, 3.63) is 94.3 Å². The minimum atomic E-state index is 0.0544. The summed E-state index contributed by atoms with van der Waals surface area (Å²) < 4.78 is 1.97. The van der Waals surface area contributed by atoms with Crippen molar-refractivity contribution < 1.29 is 4.79 Å². The maximum absolute atomic E-state index is 12.6. The maximum Gasteiger partial charge on any atom is 0.226 e. The molecule has 1 amide bonds. The van der Waals surface area contributed by atoms with Crippen LogP contribution in [0.2, 0.25) is 0 Å². The van der Waals surface area contributed by atoms with Crippen LogP contribution >= 0.6 is 11.3 Å². The zero-order valence-electron chi connectivity index (χ0n) is 15.9. The number of imidazole rings is 1. The molecule has 0 saturated heterocycles. The molecule has 0 fully saturated rings. The quantitative estimate of drug-likeness (QED) is 0.554. The van der Waals surface area contributed by atoms with Crippen LogP contribution < -0.4 is 5.32 Å². The minimum absolute atomic E-state index is 0.0544. The molecule has 2 aromatic heterocycles. The van der Waals surface area contributed by atoms with Crippen LogP contribution in [0.5, 0.6) is 0 Å². The highest BCUT2D eigenvalue weighted by Crippen LogP contribution is 2.55. The van der Waals surface area contributed by atoms with Crippen LogP contribution in [0.25, 0.3) is 4.96 Å². The molecule has 1 atom stereocenters. The third kappa shape index (κ3) is 2.72. The summed E-state index contributed by atoms with van der Waals surface area (Å²) in [6, 6.07) is 17.7. The number of aromatic nitrogens is 2. The molecular weight excluding hydrogens is 378 g/mol. The summed E-state index contributed by atoms with van der Waals surface area (Å²) in [6.07, 6.45) is 5.35. The third-order valence-electron chi connectivity index (χ3n) is 6.47. The van der Waals surface area contributed by atoms with Crippen LogP contribution in [-0.4, -0.2) is 21.8 Å². The lowest BCUT2D eigenvalue weighted by atomic mass is 9.59. The van der Waals surface area contributed by atoms with E-state index in [0.29, 0.717) is 30.7 Å². The van der Waals surface area contributed by atoms with E-state index >= 15 is 0 Å². The molecule has 4 nitrogen and oxygen atoms in total. The van der Waals surface area contributed by atoms with Gasteiger partial charge in [-0.2, -0.15) is 0 Å². The Balaban J connectivity index is 1.22. The van der Waals surface area contributed by atoms with Crippen LogP contribution in [-0.2, 0) is 11.2 Å². The summed E-state index contributed by atoms with van der Waals surface area (Å²) in [5.41, 5.74) is 6.65. The molecule has 2 heterocycles. The number of hydrogen-bond donors (Lipinski definition) is 1. The van der Waals surface area contributed by atoms with Gasteiger partial charge in [-0.25, -0.2) is 4.98 Å². The van der Waals surface area contributed by atoms with Crippen molar-refractivity contribution >= 4 is 22.2 Å². The summed E-state index contributed by atoms with van der Waals surface area (Å²) in [5.74, 6) is 1.29. The molecule has 2 aromatic carbocycles. The number of carbonyl (C=O) groups is 1. The molecule has 3 aliphatic carbocycles. The monoisotopic (exact) mass is 399 g/mol. The smallest absolute Gasteiger partial charge is 0.226 e. The van der Waals surface area contributed by atoms with Crippen molar-refractivity contribution in [2.75, 3.05) is 6.54 Å². The number of rotatable bonds is 4. The first-order chi connectivity index (χ1) is 14.3. The lowest BCUT2D eigenvalue weighted by molar-refractivity contribution is -0.120. The van der Waals surface area contributed by atoms with E-state index in [1.54, 1.807) is 11.3 Å². The van der Waals surface area contributed by atoms with Gasteiger partial charge in [0.05, 0.1) is 12.1 Å². The van der Waals surface area contributed by atoms with Gasteiger partial charge in [-0.3, -0.25) is 9.20 Å². The van der Waals surface area contributed by atoms with Gasteiger partial charge < -0.3 is 5.32 Å². The molecule has 5 heteroatoms. The normalized spacial score (nSPS) is 21.7. The predicted octanol–water partition coefficient (Wildman–Crippen LogP) is 4.35. The van der Waals surface area contributed by atoms with E-state index in [0.717, 1.165) is 17.1 Å². The second-order valence-corrected chi connectivity index (χ2v) is 8.96. The molecule has 1 unspecified atom stereocenters. The fraction of sp³-hybridized carbons (Fsp3) is 0.250. The standard InChI is InChI=1S/C24H21N3OS/c28-22(12-16-14-27-9-10-29-24(27)26-16)25-13-15-11-21-17-5-1-3-7-19(17)23(15)20-8-4-2-6-18(20)21/h1-10,14-15,21,23H,11-13H2,(H,25,28). The van der Waals surface area contributed by atoms with Gasteiger partial charge in [-0.05, 0) is 34.6 Å². The van der Waals surface area contributed by atoms with Crippen LogP contribution in [0, 0.1) is 5.92 Å². The zero-order chi connectivity index (χ0) is 19.4. The van der Waals surface area contributed by atoms with E-state index in [9.17, 15) is 4.79 Å². The summed E-state index contributed by atoms with van der Waals surface area (Å²) in [4.78, 5) is 18.1. The highest BCUT2D eigenvalue weighted by atomic mass is 32.1. The van der Waals surface area contributed by atoms with Gasteiger partial charge in [-0.1, -0.05) is 48.5 Å². The largest absolute Gasteiger partial charge is 0.355 e. The highest BCUT2D eigenvalue weighted by Gasteiger charge is 2.42. The lowest BCUT2D eigenvalue weighted by Crippen LogP contribution is -2.39. The molecule has 0 radical (unpaired) electrons. The summed E-state index contributed by atoms with van der Waals surface area (Å²) in [5, 5.41) is 5.20. The van der Waals surface area contributed by atoms with E-state index in [-0.39, 0.29) is 5.91 Å². The molecule has 29 heavy (non-hydrogen) atoms. The van der Waals surface area contributed by atoms with Gasteiger partial charge in [0, 0.05) is 36.2 Å². The summed E-state index contributed by atoms with van der Waals surface area (Å²) in [6.45, 7) is 0.713. The molecule has 1 N–H and O–H groups in total. The first-order valence-corrected chi connectivity index (χ1v) is 11.0. The second kappa shape index (κ2) is 6.56. The number of nitrogens with one attached hydrogen (secondary N) is 1. The van der Waals surface area contributed by atoms with Crippen molar-refractivity contribution in [2.24, 2.45) is 5.92 Å². The van der Waals surface area contributed by atoms with Gasteiger partial charge in [0.15, 0.2) is 4.96 Å². The topological polar surface area (TPSA) is 46.4 Å². The van der Waals surface area contributed by atoms with Crippen molar-refractivity contribution in [3.63, 3.8) is 0 Å². The van der Waals surface area contributed by atoms with Crippen molar-refractivity contribution in [1.82, 2.24) is 14.7 Å². The van der Waals surface area contributed by atoms with Crippen LogP contribution in [0.4, 0.5) is 0 Å². The Hall–Kier alpha value is -2.92. The summed E-state index contributed by atoms with van der Waals surface area (Å²) in [7, 11) is 0. The van der Waals surface area contributed by atoms with E-state index in [1.807, 2.05) is 22.2 Å². The van der Waals surface area contributed by atoms with Gasteiger partial charge in [0.1, 0.15) is 0 Å². The molecule has 4 aromatic rings. The SMILES string of the molecule is O=C(Cc1cn2ccsc2n1)NCC1CC2c3ccccc3C1c1ccccc12. The molecule has 0 aliphatic heterocycles. The van der Waals surface area contributed by atoms with Crippen LogP contribution in [0.3, 0.4) is 0 Å². The molecule has 144 valence electrons. The number of benzene rings is 2. The van der Waals surface area contributed by atoms with Gasteiger partial charge in [0.25, 0.3) is 0 Å². The first-order valence-electron chi connectivity index (χ1n) is 10.1. The average molecular weight is 400 g/mol. The van der Waals surface area contributed by atoms with Crippen LogP contribution in [0.1, 0.15) is 46.2 Å². The zero-order valence-corrected chi connectivity index (χ0v) is 16.7. The predicted molar refractivity (Wildman–Crippen MR) is 114 cm³/mol. The molecule has 0 spiro atoms. The number of thiazole rings is 1. The number of carbonyl (C=O) groups excluding carboxylic acids is 1. The fourth-order valence-electron chi connectivity index (χ4n) is 5.29. The number of fused-ring (bicyclic) bond motifs is 2. The Kier molecular flexibility index (Phi) is 3.84. The molecule has 3 aliphatic rings. The number of nitrogens with zero attached hydrogens (tertiary/aromatic N) is 2. The first kappa shape index (κ1) is 17.0. The molecule has 2 bridgehead atoms. The van der Waals surface area contributed by atoms with E-state index in [4.69, 9.17) is 0 Å². The Labute approximate surface area is 173 Å². The van der Waals surface area contributed by atoms with E-state index in [1.165, 1.54) is 22.3 Å². The Bertz CT molecular complexity index is 1150. The number of hydrogen-bond acceptors (Lipinski definition) is 3. The Morgan fingerprint density at radius 2 is 1.76 bits per heavy atom. The van der Waals surface area contributed by atoms with Crippen molar-refractivity contribution in [3.8, 4) is 0 Å². The van der Waals surface area contributed by atoms with Gasteiger partial charge in [-0.15, -0.1) is 11.3 Å². The van der Waals surface area contributed by atoms with Crippen molar-refractivity contribution in [2.45, 2.75) is 24.7 Å². The Morgan fingerprint density at radius 3 is 2.45 bits per heavy atom. The van der Waals surface area contributed by atoms with Gasteiger partial charge in [0.2, 0.25) is 5.91 Å². The van der Waals surface area contributed by atoms with E-state index < -0.39 is 0 Å². The molecule has 7 rings (SSSR count). The second-order valence-electron chi connectivity index (χ2n) is 8.09. The minimum Gasteiger partial charge on any atom is -0.355 e. The van der Waals surface area contributed by atoms with E-state index in [2.05, 4.69) is 58.8 Å². The highest BCUT2D eigenvalue weighted by molar-refractivity contribution is 7.15. The lowest BCUT2D eigenvalue weighted by Gasteiger charge is -2.45.